The highest BCUT2D eigenvalue weighted by Crippen LogP contribution is 2.38. The van der Waals surface area contributed by atoms with Gasteiger partial charge in [-0.15, -0.1) is 16.9 Å². The van der Waals surface area contributed by atoms with Crippen molar-refractivity contribution in [3.8, 4) is 0 Å². The number of rotatable bonds is 4. The zero-order valence-corrected chi connectivity index (χ0v) is 18.1. The molecule has 9 heteroatoms. The fourth-order valence-electron chi connectivity index (χ4n) is 3.75. The van der Waals surface area contributed by atoms with Gasteiger partial charge in [0.15, 0.2) is 5.69 Å². The summed E-state index contributed by atoms with van der Waals surface area (Å²) in [6, 6.07) is 16.8. The van der Waals surface area contributed by atoms with E-state index in [0.29, 0.717) is 12.3 Å². The summed E-state index contributed by atoms with van der Waals surface area (Å²) in [6.45, 7) is 0.512. The van der Waals surface area contributed by atoms with Gasteiger partial charge < -0.3 is 10.2 Å². The van der Waals surface area contributed by atoms with E-state index in [9.17, 15) is 9.59 Å². The zero-order chi connectivity index (χ0) is 22.1. The van der Waals surface area contributed by atoms with E-state index in [0.717, 1.165) is 27.0 Å². The highest BCUT2D eigenvalue weighted by Gasteiger charge is 2.31. The van der Waals surface area contributed by atoms with Crippen molar-refractivity contribution in [3.05, 3.63) is 78.2 Å². The van der Waals surface area contributed by atoms with Crippen LogP contribution in [0.25, 0.3) is 10.9 Å². The van der Waals surface area contributed by atoms with Crippen molar-refractivity contribution in [2.45, 2.75) is 17.5 Å². The Hall–Kier alpha value is -3.72. The van der Waals surface area contributed by atoms with Crippen LogP contribution in [-0.2, 0) is 11.3 Å². The number of anilines is 1. The van der Waals surface area contributed by atoms with E-state index in [4.69, 9.17) is 0 Å². The Morgan fingerprint density at radius 2 is 2.00 bits per heavy atom. The molecule has 1 atom stereocenters. The Balaban J connectivity index is 1.33. The van der Waals surface area contributed by atoms with Crippen molar-refractivity contribution in [1.82, 2.24) is 25.3 Å². The Kier molecular flexibility index (Phi) is 5.32. The minimum atomic E-state index is -0.684. The summed E-state index contributed by atoms with van der Waals surface area (Å²) in [5.41, 5.74) is 2.87. The van der Waals surface area contributed by atoms with Crippen molar-refractivity contribution in [3.63, 3.8) is 0 Å². The molecule has 0 aliphatic carbocycles. The number of hydrogen-bond donors (Lipinski definition) is 1. The number of nitrogens with one attached hydrogen (secondary N) is 1. The average Bonchev–Trinajstić information content (AvgIpc) is 3.25. The lowest BCUT2D eigenvalue weighted by molar-refractivity contribution is -0.119. The number of amides is 2. The number of fused-ring (bicyclic) bond motifs is 3. The van der Waals surface area contributed by atoms with Crippen LogP contribution >= 0.6 is 11.8 Å². The summed E-state index contributed by atoms with van der Waals surface area (Å²) in [5.74, 6) is -0.182. The molecule has 4 aromatic rings. The summed E-state index contributed by atoms with van der Waals surface area (Å²) in [7, 11) is 1.73. The molecule has 1 N–H and O–H groups in total. The van der Waals surface area contributed by atoms with Crippen LogP contribution in [0, 0.1) is 0 Å². The van der Waals surface area contributed by atoms with E-state index >= 15 is 0 Å². The normalized spacial score (nSPS) is 16.0. The van der Waals surface area contributed by atoms with E-state index in [1.54, 1.807) is 29.0 Å². The predicted molar refractivity (Wildman–Crippen MR) is 123 cm³/mol. The molecule has 2 aromatic heterocycles. The lowest BCUT2D eigenvalue weighted by Crippen LogP contribution is -2.48. The van der Waals surface area contributed by atoms with Gasteiger partial charge in [-0.25, -0.2) is 4.68 Å². The van der Waals surface area contributed by atoms with Crippen LogP contribution in [0.4, 0.5) is 5.69 Å². The molecule has 32 heavy (non-hydrogen) atoms. The Bertz CT molecular complexity index is 1310. The molecule has 0 saturated carbocycles. The summed E-state index contributed by atoms with van der Waals surface area (Å²) in [5, 5.41) is 11.8. The van der Waals surface area contributed by atoms with Crippen LogP contribution in [-0.4, -0.2) is 50.6 Å². The fraction of sp³-hybridized carbons (Fsp3) is 0.174. The summed E-state index contributed by atoms with van der Waals surface area (Å²) >= 11 is 1.54. The quantitative estimate of drug-likeness (QED) is 0.520. The number of carbonyl (C=O) groups is 2. The van der Waals surface area contributed by atoms with Gasteiger partial charge in [0.05, 0.1) is 23.9 Å². The fourth-order valence-corrected chi connectivity index (χ4v) is 4.87. The Morgan fingerprint density at radius 3 is 2.84 bits per heavy atom. The zero-order valence-electron chi connectivity index (χ0n) is 17.3. The van der Waals surface area contributed by atoms with Crippen LogP contribution in [0.1, 0.15) is 16.1 Å². The van der Waals surface area contributed by atoms with Gasteiger partial charge in [0, 0.05) is 29.3 Å². The van der Waals surface area contributed by atoms with Gasteiger partial charge in [0.1, 0.15) is 6.04 Å². The number of nitrogens with zero attached hydrogens (tertiary/aromatic N) is 5. The number of likely N-dealkylation sites (N-methyl/N-ethyl adjacent to an activating group) is 1. The molecular weight excluding hydrogens is 424 g/mol. The van der Waals surface area contributed by atoms with Crippen LogP contribution in [0.15, 0.2) is 71.9 Å². The molecule has 3 heterocycles. The third-order valence-corrected chi connectivity index (χ3v) is 6.49. The Labute approximate surface area is 188 Å². The summed E-state index contributed by atoms with van der Waals surface area (Å²) in [4.78, 5) is 33.0. The number of hydrogen-bond acceptors (Lipinski definition) is 6. The third-order valence-electron chi connectivity index (χ3n) is 5.35. The summed E-state index contributed by atoms with van der Waals surface area (Å²) < 4.78 is 1.61. The highest BCUT2D eigenvalue weighted by molar-refractivity contribution is 7.99. The van der Waals surface area contributed by atoms with Crippen molar-refractivity contribution in [2.75, 3.05) is 17.7 Å². The smallest absolute Gasteiger partial charge is 0.274 e. The van der Waals surface area contributed by atoms with Gasteiger partial charge in [0.25, 0.3) is 5.91 Å². The molecule has 1 aliphatic heterocycles. The van der Waals surface area contributed by atoms with E-state index in [1.807, 2.05) is 54.6 Å². The second kappa shape index (κ2) is 8.43. The molecule has 2 amide bonds. The van der Waals surface area contributed by atoms with Crippen LogP contribution < -0.4 is 10.2 Å². The second-order valence-electron chi connectivity index (χ2n) is 7.50. The molecule has 160 valence electrons. The molecule has 8 nitrogen and oxygen atoms in total. The Morgan fingerprint density at radius 1 is 1.16 bits per heavy atom. The molecule has 2 aromatic carbocycles. The molecule has 0 radical (unpaired) electrons. The maximum atomic E-state index is 13.2. The average molecular weight is 445 g/mol. The first-order valence-corrected chi connectivity index (χ1v) is 11.1. The van der Waals surface area contributed by atoms with Gasteiger partial charge in [0.2, 0.25) is 5.91 Å². The molecule has 0 unspecified atom stereocenters. The molecule has 0 fully saturated rings. The first kappa shape index (κ1) is 20.2. The minimum Gasteiger partial charge on any atom is -0.338 e. The van der Waals surface area contributed by atoms with Crippen molar-refractivity contribution < 1.29 is 9.59 Å². The van der Waals surface area contributed by atoms with Gasteiger partial charge in [-0.05, 0) is 29.8 Å². The molecular formula is C23H20N6O2S. The second-order valence-corrected chi connectivity index (χ2v) is 8.57. The number of thioether (sulfide) groups is 1. The molecule has 0 spiro atoms. The number of pyridine rings is 1. The standard InChI is InChI=1S/C23H20N6O2S/c1-28-21-16-8-5-11-24-17(16)9-10-20(21)32-14-19(23(28)31)25-22(30)18-13-29(27-26-18)12-15-6-3-2-4-7-15/h2-11,13,19H,12,14H2,1H3,(H,25,30)/t19-/m0/s1. The maximum Gasteiger partial charge on any atom is 0.274 e. The maximum absolute atomic E-state index is 13.2. The lowest BCUT2D eigenvalue weighted by atomic mass is 10.1. The van der Waals surface area contributed by atoms with Gasteiger partial charge in [-0.2, -0.15) is 0 Å². The van der Waals surface area contributed by atoms with Crippen LogP contribution in [0.2, 0.25) is 0 Å². The van der Waals surface area contributed by atoms with Gasteiger partial charge in [-0.3, -0.25) is 14.6 Å². The van der Waals surface area contributed by atoms with Crippen LogP contribution in [0.3, 0.4) is 0 Å². The van der Waals surface area contributed by atoms with Crippen molar-refractivity contribution >= 4 is 40.2 Å². The van der Waals surface area contributed by atoms with E-state index < -0.39 is 11.9 Å². The predicted octanol–water partition coefficient (Wildman–Crippen LogP) is 2.74. The molecule has 0 bridgehead atoms. The van der Waals surface area contributed by atoms with Crippen LogP contribution in [0.5, 0.6) is 0 Å². The summed E-state index contributed by atoms with van der Waals surface area (Å²) in [6.07, 6.45) is 3.32. The highest BCUT2D eigenvalue weighted by atomic mass is 32.2. The van der Waals surface area contributed by atoms with Crippen molar-refractivity contribution in [1.29, 1.82) is 0 Å². The molecule has 1 aliphatic rings. The largest absolute Gasteiger partial charge is 0.338 e. The minimum absolute atomic E-state index is 0.179. The first-order valence-electron chi connectivity index (χ1n) is 10.1. The SMILES string of the molecule is CN1C(=O)[C@@H](NC(=O)c2cn(Cc3ccccc3)nn2)CSc2ccc3ncccc3c21. The topological polar surface area (TPSA) is 93.0 Å². The number of benzene rings is 2. The van der Waals surface area contributed by atoms with E-state index in [-0.39, 0.29) is 11.6 Å². The van der Waals surface area contributed by atoms with Gasteiger partial charge in [-0.1, -0.05) is 35.5 Å². The lowest BCUT2D eigenvalue weighted by Gasteiger charge is -2.22. The number of aromatic nitrogens is 4. The van der Waals surface area contributed by atoms with Crippen molar-refractivity contribution in [2.24, 2.45) is 0 Å². The molecule has 5 rings (SSSR count). The third kappa shape index (κ3) is 3.82. The molecule has 0 saturated heterocycles. The van der Waals surface area contributed by atoms with E-state index in [1.165, 1.54) is 11.8 Å². The van der Waals surface area contributed by atoms with E-state index in [2.05, 4.69) is 20.6 Å². The monoisotopic (exact) mass is 444 g/mol. The first-order chi connectivity index (χ1) is 15.6. The number of carbonyl (C=O) groups excluding carboxylic acids is 2. The van der Waals surface area contributed by atoms with Gasteiger partial charge >= 0.3 is 0 Å².